The quantitative estimate of drug-likeness (QED) is 0.675. The average Bonchev–Trinajstić information content (AvgIpc) is 3.28. The van der Waals surface area contributed by atoms with Crippen LogP contribution in [-0.4, -0.2) is 28.5 Å². The van der Waals surface area contributed by atoms with E-state index < -0.39 is 5.82 Å². The summed E-state index contributed by atoms with van der Waals surface area (Å²) in [5.41, 5.74) is 1.36. The van der Waals surface area contributed by atoms with Crippen molar-refractivity contribution in [3.8, 4) is 5.75 Å². The number of aromatic nitrogens is 2. The Morgan fingerprint density at radius 3 is 2.82 bits per heavy atom. The molecule has 1 saturated carbocycles. The molecule has 8 heteroatoms. The number of benzene rings is 1. The van der Waals surface area contributed by atoms with Gasteiger partial charge in [0, 0.05) is 12.1 Å². The lowest BCUT2D eigenvalue weighted by Gasteiger charge is -2.13. The number of hydrogen-bond acceptors (Lipinski definition) is 6. The molecular formula is C20H21FN4O3. The van der Waals surface area contributed by atoms with Gasteiger partial charge >= 0.3 is 0 Å². The first kappa shape index (κ1) is 18.2. The minimum absolute atomic E-state index is 0.0131. The smallest absolute Gasteiger partial charge is 0.255 e. The number of halogens is 1. The predicted octanol–water partition coefficient (Wildman–Crippen LogP) is 3.57. The number of hydrogen-bond donors (Lipinski definition) is 2. The number of fused-ring (bicyclic) bond motifs is 1. The fourth-order valence-corrected chi connectivity index (χ4v) is 3.10. The Labute approximate surface area is 161 Å². The first-order valence-electron chi connectivity index (χ1n) is 9.03. The van der Waals surface area contributed by atoms with Gasteiger partial charge in [-0.25, -0.2) is 14.4 Å². The van der Waals surface area contributed by atoms with Gasteiger partial charge in [0.05, 0.1) is 18.1 Å². The lowest BCUT2D eigenvalue weighted by atomic mass is 10.1. The SMILES string of the molecule is COc1ccc(CNC(=O)c2c(C)oc3ncnc(NC4(C)CC4)c23)cc1F. The highest BCUT2D eigenvalue weighted by atomic mass is 19.1. The Hall–Kier alpha value is -3.16. The molecule has 1 aromatic carbocycles. The molecule has 2 heterocycles. The number of carbonyl (C=O) groups excluding carboxylic acids is 1. The maximum Gasteiger partial charge on any atom is 0.255 e. The molecule has 2 N–H and O–H groups in total. The Morgan fingerprint density at radius 1 is 1.36 bits per heavy atom. The lowest BCUT2D eigenvalue weighted by Crippen LogP contribution is -2.24. The number of methoxy groups -OCH3 is 1. The number of rotatable bonds is 6. The van der Waals surface area contributed by atoms with Crippen LogP contribution in [0.2, 0.25) is 0 Å². The summed E-state index contributed by atoms with van der Waals surface area (Å²) < 4.78 is 24.4. The molecule has 1 amide bonds. The number of anilines is 1. The molecule has 0 spiro atoms. The van der Waals surface area contributed by atoms with Crippen LogP contribution in [0, 0.1) is 12.7 Å². The fourth-order valence-electron chi connectivity index (χ4n) is 3.10. The maximum atomic E-state index is 13.9. The molecule has 3 aromatic rings. The third kappa shape index (κ3) is 3.37. The molecule has 0 radical (unpaired) electrons. The number of furan rings is 1. The predicted molar refractivity (Wildman–Crippen MR) is 102 cm³/mol. The van der Waals surface area contributed by atoms with Crippen LogP contribution < -0.4 is 15.4 Å². The minimum Gasteiger partial charge on any atom is -0.494 e. The summed E-state index contributed by atoms with van der Waals surface area (Å²) >= 11 is 0. The van der Waals surface area contributed by atoms with E-state index in [0.717, 1.165) is 12.8 Å². The number of carbonyl (C=O) groups is 1. The zero-order valence-corrected chi connectivity index (χ0v) is 15.9. The van der Waals surface area contributed by atoms with Crippen molar-refractivity contribution in [2.45, 2.75) is 38.8 Å². The lowest BCUT2D eigenvalue weighted by molar-refractivity contribution is 0.0950. The van der Waals surface area contributed by atoms with Crippen molar-refractivity contribution in [3.05, 3.63) is 47.2 Å². The van der Waals surface area contributed by atoms with E-state index in [-0.39, 0.29) is 23.7 Å². The number of aryl methyl sites for hydroxylation is 1. The van der Waals surface area contributed by atoms with Gasteiger partial charge in [0.1, 0.15) is 17.9 Å². The molecule has 0 aliphatic heterocycles. The molecule has 4 rings (SSSR count). The van der Waals surface area contributed by atoms with E-state index in [1.165, 1.54) is 25.6 Å². The third-order valence-corrected chi connectivity index (χ3v) is 4.98. The third-order valence-electron chi connectivity index (χ3n) is 4.98. The number of nitrogens with one attached hydrogen (secondary N) is 2. The molecule has 7 nitrogen and oxygen atoms in total. The van der Waals surface area contributed by atoms with Crippen LogP contribution in [0.3, 0.4) is 0 Å². The maximum absolute atomic E-state index is 13.9. The molecule has 1 aliphatic rings. The molecule has 2 aromatic heterocycles. The number of nitrogens with zero attached hydrogens (tertiary/aromatic N) is 2. The van der Waals surface area contributed by atoms with Crippen LogP contribution in [-0.2, 0) is 6.54 Å². The first-order chi connectivity index (χ1) is 13.4. The summed E-state index contributed by atoms with van der Waals surface area (Å²) in [6.07, 6.45) is 3.50. The van der Waals surface area contributed by atoms with Crippen LogP contribution in [0.5, 0.6) is 5.75 Å². The Bertz CT molecular complexity index is 1060. The first-order valence-corrected chi connectivity index (χ1v) is 9.03. The van der Waals surface area contributed by atoms with Gasteiger partial charge < -0.3 is 19.8 Å². The van der Waals surface area contributed by atoms with E-state index in [2.05, 4.69) is 27.5 Å². The largest absolute Gasteiger partial charge is 0.494 e. The van der Waals surface area contributed by atoms with Crippen LogP contribution in [0.4, 0.5) is 10.2 Å². The second-order valence-corrected chi connectivity index (χ2v) is 7.27. The molecule has 1 aliphatic carbocycles. The van der Waals surface area contributed by atoms with Gasteiger partial charge in [0.2, 0.25) is 5.71 Å². The van der Waals surface area contributed by atoms with Crippen molar-refractivity contribution in [2.75, 3.05) is 12.4 Å². The van der Waals surface area contributed by atoms with Gasteiger partial charge in [-0.05, 0) is 44.4 Å². The summed E-state index contributed by atoms with van der Waals surface area (Å²) in [6.45, 7) is 3.98. The second kappa shape index (κ2) is 6.78. The molecule has 28 heavy (non-hydrogen) atoms. The average molecular weight is 384 g/mol. The van der Waals surface area contributed by atoms with Gasteiger partial charge in [-0.15, -0.1) is 0 Å². The van der Waals surface area contributed by atoms with E-state index in [0.29, 0.717) is 33.8 Å². The highest BCUT2D eigenvalue weighted by Crippen LogP contribution is 2.40. The van der Waals surface area contributed by atoms with Crippen molar-refractivity contribution < 1.29 is 18.3 Å². The molecule has 0 bridgehead atoms. The van der Waals surface area contributed by atoms with Crippen LogP contribution in [0.1, 0.15) is 41.4 Å². The monoisotopic (exact) mass is 384 g/mol. The Balaban J connectivity index is 1.60. The van der Waals surface area contributed by atoms with Crippen molar-refractivity contribution in [2.24, 2.45) is 0 Å². The summed E-state index contributed by atoms with van der Waals surface area (Å²) in [7, 11) is 1.41. The van der Waals surface area contributed by atoms with Crippen molar-refractivity contribution in [1.29, 1.82) is 0 Å². The highest BCUT2D eigenvalue weighted by Gasteiger charge is 2.38. The van der Waals surface area contributed by atoms with E-state index in [9.17, 15) is 9.18 Å². The van der Waals surface area contributed by atoms with Gasteiger partial charge in [-0.3, -0.25) is 4.79 Å². The molecule has 146 valence electrons. The van der Waals surface area contributed by atoms with Gasteiger partial charge in [0.25, 0.3) is 5.91 Å². The zero-order chi connectivity index (χ0) is 19.9. The summed E-state index contributed by atoms with van der Waals surface area (Å²) in [4.78, 5) is 21.3. The summed E-state index contributed by atoms with van der Waals surface area (Å²) in [6, 6.07) is 4.57. The second-order valence-electron chi connectivity index (χ2n) is 7.27. The number of amides is 1. The highest BCUT2D eigenvalue weighted by molar-refractivity contribution is 6.10. The van der Waals surface area contributed by atoms with E-state index in [1.807, 2.05) is 0 Å². The van der Waals surface area contributed by atoms with Gasteiger partial charge in [-0.2, -0.15) is 0 Å². The van der Waals surface area contributed by atoms with Gasteiger partial charge in [0.15, 0.2) is 11.6 Å². The van der Waals surface area contributed by atoms with Crippen molar-refractivity contribution >= 4 is 22.8 Å². The minimum atomic E-state index is -0.475. The standard InChI is InChI=1S/C20H21FN4O3/c1-11-15(18(26)22-9-12-4-5-14(27-3)13(21)8-12)16-17(25-20(2)6-7-20)23-10-24-19(16)28-11/h4-5,8,10H,6-7,9H2,1-3H3,(H,22,26)(H,23,24,25). The van der Waals surface area contributed by atoms with E-state index >= 15 is 0 Å². The molecule has 1 fully saturated rings. The van der Waals surface area contributed by atoms with Crippen LogP contribution >= 0.6 is 0 Å². The fraction of sp³-hybridized carbons (Fsp3) is 0.350. The molecular weight excluding hydrogens is 363 g/mol. The molecule has 0 saturated heterocycles. The van der Waals surface area contributed by atoms with Crippen molar-refractivity contribution in [1.82, 2.24) is 15.3 Å². The van der Waals surface area contributed by atoms with E-state index in [1.54, 1.807) is 13.0 Å². The molecule has 0 atom stereocenters. The Kier molecular flexibility index (Phi) is 4.41. The Morgan fingerprint density at radius 2 is 2.14 bits per heavy atom. The number of ether oxygens (including phenoxy) is 1. The van der Waals surface area contributed by atoms with Crippen molar-refractivity contribution in [3.63, 3.8) is 0 Å². The van der Waals surface area contributed by atoms with E-state index in [4.69, 9.17) is 9.15 Å². The summed E-state index contributed by atoms with van der Waals surface area (Å²) in [5, 5.41) is 6.76. The van der Waals surface area contributed by atoms with Gasteiger partial charge in [-0.1, -0.05) is 6.07 Å². The van der Waals surface area contributed by atoms with Crippen LogP contribution in [0.25, 0.3) is 11.1 Å². The zero-order valence-electron chi connectivity index (χ0n) is 15.9. The topological polar surface area (TPSA) is 89.3 Å². The summed E-state index contributed by atoms with van der Waals surface area (Å²) in [5.74, 6) is 0.400. The normalized spacial score (nSPS) is 14.7. The molecule has 0 unspecified atom stereocenters. The van der Waals surface area contributed by atoms with Crippen LogP contribution in [0.15, 0.2) is 28.9 Å².